The monoisotopic (exact) mass is 392 g/mol. The Balaban J connectivity index is 1.77. The van der Waals surface area contributed by atoms with Crippen molar-refractivity contribution in [2.45, 2.75) is 51.6 Å². The number of pyridine rings is 1. The van der Waals surface area contributed by atoms with Crippen molar-refractivity contribution in [1.82, 2.24) is 14.1 Å². The lowest BCUT2D eigenvalue weighted by Crippen LogP contribution is -2.44. The SMILES string of the molecule is Cc1ccccc1NC(=O)Cn1c(=O)n(C2CCCCC2)c(=O)c2cccnc21. The molecule has 0 bridgehead atoms. The number of aromatic nitrogens is 3. The van der Waals surface area contributed by atoms with Gasteiger partial charge in [-0.15, -0.1) is 0 Å². The van der Waals surface area contributed by atoms with E-state index in [1.165, 1.54) is 15.3 Å². The molecule has 1 aliphatic carbocycles. The molecule has 0 atom stereocenters. The van der Waals surface area contributed by atoms with Crippen molar-refractivity contribution in [2.75, 3.05) is 5.32 Å². The summed E-state index contributed by atoms with van der Waals surface area (Å²) in [5.41, 5.74) is 1.09. The van der Waals surface area contributed by atoms with Crippen LogP contribution < -0.4 is 16.6 Å². The van der Waals surface area contributed by atoms with Crippen LogP contribution in [0.3, 0.4) is 0 Å². The fourth-order valence-electron chi connectivity index (χ4n) is 4.07. The first kappa shape index (κ1) is 19.1. The lowest BCUT2D eigenvalue weighted by molar-refractivity contribution is -0.116. The third-order valence-electron chi connectivity index (χ3n) is 5.59. The number of aryl methyl sites for hydroxylation is 1. The summed E-state index contributed by atoms with van der Waals surface area (Å²) in [5, 5.41) is 3.21. The van der Waals surface area contributed by atoms with Crippen LogP contribution in [0.5, 0.6) is 0 Å². The minimum atomic E-state index is -0.465. The molecule has 4 rings (SSSR count). The van der Waals surface area contributed by atoms with E-state index in [-0.39, 0.29) is 29.7 Å². The van der Waals surface area contributed by atoms with Gasteiger partial charge in [0.2, 0.25) is 5.91 Å². The number of carbonyl (C=O) groups excluding carboxylic acids is 1. The second-order valence-electron chi connectivity index (χ2n) is 7.57. The lowest BCUT2D eigenvalue weighted by atomic mass is 9.95. The molecule has 2 heterocycles. The minimum absolute atomic E-state index is 0.126. The number of nitrogens with one attached hydrogen (secondary N) is 1. The molecule has 2 aromatic heterocycles. The van der Waals surface area contributed by atoms with Gasteiger partial charge in [-0.1, -0.05) is 37.5 Å². The predicted molar refractivity (Wildman–Crippen MR) is 112 cm³/mol. The third kappa shape index (κ3) is 3.72. The molecule has 7 nitrogen and oxygen atoms in total. The summed E-state index contributed by atoms with van der Waals surface area (Å²) >= 11 is 0. The van der Waals surface area contributed by atoms with Crippen LogP contribution in [0.25, 0.3) is 11.0 Å². The number of carbonyl (C=O) groups is 1. The summed E-state index contributed by atoms with van der Waals surface area (Å²) in [7, 11) is 0. The number of fused-ring (bicyclic) bond motifs is 1. The summed E-state index contributed by atoms with van der Waals surface area (Å²) in [5.74, 6) is -0.331. The molecule has 29 heavy (non-hydrogen) atoms. The topological polar surface area (TPSA) is 86.0 Å². The number of para-hydroxylation sites is 1. The molecule has 0 saturated heterocycles. The average molecular weight is 392 g/mol. The van der Waals surface area contributed by atoms with Gasteiger partial charge in [0.05, 0.1) is 5.39 Å². The van der Waals surface area contributed by atoms with E-state index in [4.69, 9.17) is 0 Å². The van der Waals surface area contributed by atoms with Crippen molar-refractivity contribution < 1.29 is 4.79 Å². The quantitative estimate of drug-likeness (QED) is 0.740. The molecule has 1 amide bonds. The molecule has 7 heteroatoms. The van der Waals surface area contributed by atoms with Gasteiger partial charge in [-0.25, -0.2) is 9.78 Å². The summed E-state index contributed by atoms with van der Waals surface area (Å²) in [4.78, 5) is 43.2. The van der Waals surface area contributed by atoms with Crippen molar-refractivity contribution in [2.24, 2.45) is 0 Å². The second kappa shape index (κ2) is 8.03. The molecule has 1 fully saturated rings. The molecule has 0 spiro atoms. The lowest BCUT2D eigenvalue weighted by Gasteiger charge is -2.24. The maximum atomic E-state index is 13.3. The van der Waals surface area contributed by atoms with E-state index in [0.717, 1.165) is 37.7 Å². The zero-order valence-corrected chi connectivity index (χ0v) is 16.4. The molecular formula is C22H24N4O3. The van der Waals surface area contributed by atoms with Crippen LogP contribution in [0.4, 0.5) is 5.69 Å². The van der Waals surface area contributed by atoms with Crippen LogP contribution in [0.2, 0.25) is 0 Å². The first-order valence-electron chi connectivity index (χ1n) is 10.0. The summed E-state index contributed by atoms with van der Waals surface area (Å²) in [6, 6.07) is 10.7. The van der Waals surface area contributed by atoms with E-state index < -0.39 is 5.69 Å². The summed E-state index contributed by atoms with van der Waals surface area (Å²) < 4.78 is 2.66. The molecule has 0 unspecified atom stereocenters. The van der Waals surface area contributed by atoms with Gasteiger partial charge in [-0.3, -0.25) is 18.7 Å². The predicted octanol–water partition coefficient (Wildman–Crippen LogP) is 3.01. The van der Waals surface area contributed by atoms with Gasteiger partial charge in [-0.05, 0) is 43.5 Å². The first-order valence-corrected chi connectivity index (χ1v) is 10.0. The zero-order chi connectivity index (χ0) is 20.4. The molecule has 1 aromatic carbocycles. The van der Waals surface area contributed by atoms with Crippen molar-refractivity contribution in [1.29, 1.82) is 0 Å². The second-order valence-corrected chi connectivity index (χ2v) is 7.57. The molecular weight excluding hydrogens is 368 g/mol. The van der Waals surface area contributed by atoms with Crippen LogP contribution in [-0.2, 0) is 11.3 Å². The highest BCUT2D eigenvalue weighted by Gasteiger charge is 2.23. The Labute approximate surface area is 168 Å². The van der Waals surface area contributed by atoms with E-state index in [0.29, 0.717) is 11.1 Å². The maximum absolute atomic E-state index is 13.3. The fraction of sp³-hybridized carbons (Fsp3) is 0.364. The molecule has 3 aromatic rings. The van der Waals surface area contributed by atoms with Gasteiger partial charge in [0.1, 0.15) is 12.2 Å². The Morgan fingerprint density at radius 3 is 2.62 bits per heavy atom. The van der Waals surface area contributed by atoms with Gasteiger partial charge in [0.15, 0.2) is 0 Å². The number of nitrogens with zero attached hydrogens (tertiary/aromatic N) is 3. The average Bonchev–Trinajstić information content (AvgIpc) is 2.74. The van der Waals surface area contributed by atoms with Gasteiger partial charge < -0.3 is 5.32 Å². The van der Waals surface area contributed by atoms with E-state index in [1.54, 1.807) is 12.1 Å². The fourth-order valence-corrected chi connectivity index (χ4v) is 4.07. The van der Waals surface area contributed by atoms with E-state index in [9.17, 15) is 14.4 Å². The Hall–Kier alpha value is -3.22. The number of hydrogen-bond donors (Lipinski definition) is 1. The van der Waals surface area contributed by atoms with Gasteiger partial charge >= 0.3 is 5.69 Å². The molecule has 0 aliphatic heterocycles. The Morgan fingerprint density at radius 2 is 1.86 bits per heavy atom. The maximum Gasteiger partial charge on any atom is 0.333 e. The van der Waals surface area contributed by atoms with E-state index in [1.807, 2.05) is 31.2 Å². The largest absolute Gasteiger partial charge is 0.333 e. The molecule has 1 aliphatic rings. The van der Waals surface area contributed by atoms with Crippen molar-refractivity contribution in [3.8, 4) is 0 Å². The smallest absolute Gasteiger partial charge is 0.324 e. The summed E-state index contributed by atoms with van der Waals surface area (Å²) in [6.07, 6.45) is 6.24. The van der Waals surface area contributed by atoms with E-state index in [2.05, 4.69) is 10.3 Å². The normalized spacial score (nSPS) is 14.8. The van der Waals surface area contributed by atoms with Crippen LogP contribution in [0.1, 0.15) is 43.7 Å². The Kier molecular flexibility index (Phi) is 5.29. The number of benzene rings is 1. The molecule has 1 N–H and O–H groups in total. The Bertz CT molecular complexity index is 1170. The number of hydrogen-bond acceptors (Lipinski definition) is 4. The van der Waals surface area contributed by atoms with Crippen LogP contribution >= 0.6 is 0 Å². The van der Waals surface area contributed by atoms with Gasteiger partial charge in [-0.2, -0.15) is 0 Å². The highest BCUT2D eigenvalue weighted by atomic mass is 16.2. The highest BCUT2D eigenvalue weighted by molar-refractivity contribution is 5.92. The van der Waals surface area contributed by atoms with Crippen molar-refractivity contribution >= 4 is 22.6 Å². The molecule has 150 valence electrons. The molecule has 0 radical (unpaired) electrons. The standard InChI is InChI=1S/C22H24N4O3/c1-15-8-5-6-12-18(15)24-19(27)14-25-20-17(11-7-13-23-20)21(28)26(22(25)29)16-9-3-2-4-10-16/h5-8,11-13,16H,2-4,9-10,14H2,1H3,(H,24,27). The zero-order valence-electron chi connectivity index (χ0n) is 16.4. The van der Waals surface area contributed by atoms with Crippen LogP contribution in [0.15, 0.2) is 52.2 Å². The summed E-state index contributed by atoms with van der Waals surface area (Å²) in [6.45, 7) is 1.70. The minimum Gasteiger partial charge on any atom is -0.324 e. The van der Waals surface area contributed by atoms with E-state index >= 15 is 0 Å². The van der Waals surface area contributed by atoms with Crippen molar-refractivity contribution in [3.05, 3.63) is 69.0 Å². The third-order valence-corrected chi connectivity index (χ3v) is 5.59. The Morgan fingerprint density at radius 1 is 1.10 bits per heavy atom. The number of amides is 1. The first-order chi connectivity index (χ1) is 14.1. The van der Waals surface area contributed by atoms with Gasteiger partial charge in [0.25, 0.3) is 5.56 Å². The number of rotatable bonds is 4. The van der Waals surface area contributed by atoms with Gasteiger partial charge in [0, 0.05) is 17.9 Å². The number of anilines is 1. The highest BCUT2D eigenvalue weighted by Crippen LogP contribution is 2.26. The van der Waals surface area contributed by atoms with Crippen molar-refractivity contribution in [3.63, 3.8) is 0 Å². The van der Waals surface area contributed by atoms with Crippen LogP contribution in [0, 0.1) is 6.92 Å². The molecule has 1 saturated carbocycles. The van der Waals surface area contributed by atoms with Crippen LogP contribution in [-0.4, -0.2) is 20.0 Å².